The Balaban J connectivity index is 2.07. The second kappa shape index (κ2) is 2.76. The number of fused-ring (bicyclic) bond motifs is 2. The molecule has 0 aliphatic carbocycles. The predicted molar refractivity (Wildman–Crippen MR) is 44.6 cm³/mol. The van der Waals surface area contributed by atoms with Crippen LogP contribution in [0.25, 0.3) is 0 Å². The van der Waals surface area contributed by atoms with Crippen molar-refractivity contribution in [3.63, 3.8) is 0 Å². The average Bonchev–Trinajstić information content (AvgIpc) is 1.92. The third kappa shape index (κ3) is 1.30. The molecule has 11 heavy (non-hydrogen) atoms. The van der Waals surface area contributed by atoms with E-state index in [2.05, 4.69) is 18.9 Å². The third-order valence-electron chi connectivity index (χ3n) is 3.12. The van der Waals surface area contributed by atoms with E-state index in [1.807, 2.05) is 0 Å². The molecule has 2 fully saturated rings. The van der Waals surface area contributed by atoms with Gasteiger partial charge < -0.3 is 4.74 Å². The first kappa shape index (κ1) is 7.56. The van der Waals surface area contributed by atoms with Gasteiger partial charge in [-0.1, -0.05) is 6.92 Å². The second-order valence-electron chi connectivity index (χ2n) is 4.09. The third-order valence-corrected chi connectivity index (χ3v) is 3.12. The van der Waals surface area contributed by atoms with Gasteiger partial charge in [0, 0.05) is 12.1 Å². The molecule has 0 amide bonds. The van der Waals surface area contributed by atoms with E-state index < -0.39 is 0 Å². The Bertz CT molecular complexity index is 134. The summed E-state index contributed by atoms with van der Waals surface area (Å²) in [5, 5.41) is 0. The Labute approximate surface area is 68.5 Å². The van der Waals surface area contributed by atoms with Crippen LogP contribution in [0.1, 0.15) is 19.8 Å². The van der Waals surface area contributed by atoms with Gasteiger partial charge in [-0.05, 0) is 25.8 Å². The fourth-order valence-corrected chi connectivity index (χ4v) is 2.37. The minimum absolute atomic E-state index is 0.706. The van der Waals surface area contributed by atoms with Crippen molar-refractivity contribution in [2.45, 2.75) is 31.8 Å². The topological polar surface area (TPSA) is 12.5 Å². The molecule has 2 heterocycles. The summed E-state index contributed by atoms with van der Waals surface area (Å²) >= 11 is 0. The quantitative estimate of drug-likeness (QED) is 0.519. The number of nitrogens with zero attached hydrogens (tertiary/aromatic N) is 1. The lowest BCUT2D eigenvalue weighted by Crippen LogP contribution is -2.54. The maximum Gasteiger partial charge on any atom is 0.0622 e. The standard InChI is InChI=1S/C9H17NO/c1-7-3-8-5-11-6-9(4-7)10(8)2/h7-9H,3-6H2,1-2H3/t7?,8-,9+. The van der Waals surface area contributed by atoms with Crippen molar-refractivity contribution < 1.29 is 4.74 Å². The van der Waals surface area contributed by atoms with Gasteiger partial charge in [0.1, 0.15) is 0 Å². The molecule has 2 saturated heterocycles. The molecule has 0 saturated carbocycles. The monoisotopic (exact) mass is 155 g/mol. The molecular weight excluding hydrogens is 138 g/mol. The molecular formula is C9H17NO. The van der Waals surface area contributed by atoms with Crippen molar-refractivity contribution in [1.29, 1.82) is 0 Å². The van der Waals surface area contributed by atoms with Crippen LogP contribution in [0.2, 0.25) is 0 Å². The van der Waals surface area contributed by atoms with Gasteiger partial charge in [0.05, 0.1) is 13.2 Å². The first-order valence-corrected chi connectivity index (χ1v) is 4.57. The summed E-state index contributed by atoms with van der Waals surface area (Å²) in [6, 6.07) is 1.41. The maximum atomic E-state index is 5.51. The van der Waals surface area contributed by atoms with E-state index in [9.17, 15) is 0 Å². The van der Waals surface area contributed by atoms with Gasteiger partial charge in [-0.2, -0.15) is 0 Å². The van der Waals surface area contributed by atoms with Crippen molar-refractivity contribution in [3.05, 3.63) is 0 Å². The van der Waals surface area contributed by atoms with Crippen molar-refractivity contribution in [2.24, 2.45) is 5.92 Å². The summed E-state index contributed by atoms with van der Waals surface area (Å²) in [5.41, 5.74) is 0. The number of rotatable bonds is 0. The molecule has 2 aliphatic rings. The molecule has 0 aromatic carbocycles. The zero-order valence-electron chi connectivity index (χ0n) is 7.42. The molecule has 3 atom stereocenters. The summed E-state index contributed by atoms with van der Waals surface area (Å²) < 4.78 is 5.51. The highest BCUT2D eigenvalue weighted by Crippen LogP contribution is 2.29. The van der Waals surface area contributed by atoms with Gasteiger partial charge >= 0.3 is 0 Å². The van der Waals surface area contributed by atoms with E-state index in [4.69, 9.17) is 4.74 Å². The SMILES string of the molecule is CC1C[C@H]2COC[C@@H](C1)N2C. The highest BCUT2D eigenvalue weighted by atomic mass is 16.5. The maximum absolute atomic E-state index is 5.51. The van der Waals surface area contributed by atoms with Crippen LogP contribution in [-0.4, -0.2) is 37.2 Å². The average molecular weight is 155 g/mol. The molecule has 0 N–H and O–H groups in total. The van der Waals surface area contributed by atoms with Crippen LogP contribution >= 0.6 is 0 Å². The molecule has 2 nitrogen and oxygen atoms in total. The molecule has 2 aliphatic heterocycles. The van der Waals surface area contributed by atoms with Gasteiger partial charge in [-0.3, -0.25) is 4.90 Å². The Morgan fingerprint density at radius 2 is 1.73 bits per heavy atom. The van der Waals surface area contributed by atoms with Crippen LogP contribution in [0.5, 0.6) is 0 Å². The number of hydrogen-bond acceptors (Lipinski definition) is 2. The fraction of sp³-hybridized carbons (Fsp3) is 1.00. The normalized spacial score (nSPS) is 45.8. The number of likely N-dealkylation sites (N-methyl/N-ethyl adjacent to an activating group) is 1. The van der Waals surface area contributed by atoms with Crippen LogP contribution in [-0.2, 0) is 4.74 Å². The largest absolute Gasteiger partial charge is 0.378 e. The molecule has 2 rings (SSSR count). The molecule has 1 unspecified atom stereocenters. The lowest BCUT2D eigenvalue weighted by molar-refractivity contribution is -0.0724. The van der Waals surface area contributed by atoms with Crippen molar-refractivity contribution in [3.8, 4) is 0 Å². The highest BCUT2D eigenvalue weighted by molar-refractivity contribution is 4.88. The van der Waals surface area contributed by atoms with E-state index in [-0.39, 0.29) is 0 Å². The van der Waals surface area contributed by atoms with Crippen LogP contribution in [0.4, 0.5) is 0 Å². The van der Waals surface area contributed by atoms with Crippen molar-refractivity contribution in [2.75, 3.05) is 20.3 Å². The second-order valence-corrected chi connectivity index (χ2v) is 4.09. The number of piperidine rings is 1. The lowest BCUT2D eigenvalue weighted by Gasteiger charge is -2.45. The predicted octanol–water partition coefficient (Wildman–Crippen LogP) is 1.12. The van der Waals surface area contributed by atoms with E-state index in [0.29, 0.717) is 12.1 Å². The number of hydrogen-bond donors (Lipinski definition) is 0. The fourth-order valence-electron chi connectivity index (χ4n) is 2.37. The van der Waals surface area contributed by atoms with Crippen LogP contribution in [0, 0.1) is 5.92 Å². The Morgan fingerprint density at radius 1 is 1.18 bits per heavy atom. The van der Waals surface area contributed by atoms with Crippen LogP contribution in [0.3, 0.4) is 0 Å². The van der Waals surface area contributed by atoms with Crippen LogP contribution < -0.4 is 0 Å². The highest BCUT2D eigenvalue weighted by Gasteiger charge is 2.34. The smallest absolute Gasteiger partial charge is 0.0622 e. The van der Waals surface area contributed by atoms with Gasteiger partial charge in [-0.25, -0.2) is 0 Å². The first-order valence-electron chi connectivity index (χ1n) is 4.57. The van der Waals surface area contributed by atoms with Gasteiger partial charge in [0.2, 0.25) is 0 Å². The van der Waals surface area contributed by atoms with Gasteiger partial charge in [0.25, 0.3) is 0 Å². The Kier molecular flexibility index (Phi) is 1.90. The minimum atomic E-state index is 0.706. The molecule has 2 bridgehead atoms. The van der Waals surface area contributed by atoms with Crippen molar-refractivity contribution >= 4 is 0 Å². The summed E-state index contributed by atoms with van der Waals surface area (Å²) in [7, 11) is 2.24. The number of morpholine rings is 1. The number of ether oxygens (including phenoxy) is 1. The molecule has 0 aromatic heterocycles. The summed E-state index contributed by atoms with van der Waals surface area (Å²) in [4.78, 5) is 2.50. The van der Waals surface area contributed by atoms with E-state index in [0.717, 1.165) is 19.1 Å². The van der Waals surface area contributed by atoms with Gasteiger partial charge in [-0.15, -0.1) is 0 Å². The molecule has 0 aromatic rings. The molecule has 2 heteroatoms. The Hall–Kier alpha value is -0.0800. The van der Waals surface area contributed by atoms with Gasteiger partial charge in [0.15, 0.2) is 0 Å². The van der Waals surface area contributed by atoms with Crippen LogP contribution in [0.15, 0.2) is 0 Å². The zero-order chi connectivity index (χ0) is 7.84. The summed E-state index contributed by atoms with van der Waals surface area (Å²) in [6.07, 6.45) is 2.65. The lowest BCUT2D eigenvalue weighted by atomic mass is 9.87. The minimum Gasteiger partial charge on any atom is -0.378 e. The Morgan fingerprint density at radius 3 is 2.27 bits per heavy atom. The van der Waals surface area contributed by atoms with E-state index >= 15 is 0 Å². The van der Waals surface area contributed by atoms with E-state index in [1.54, 1.807) is 0 Å². The summed E-state index contributed by atoms with van der Waals surface area (Å²) in [6.45, 7) is 4.27. The summed E-state index contributed by atoms with van der Waals surface area (Å²) in [5.74, 6) is 0.907. The molecule has 0 spiro atoms. The zero-order valence-corrected chi connectivity index (χ0v) is 7.42. The first-order chi connectivity index (χ1) is 5.27. The van der Waals surface area contributed by atoms with Crippen molar-refractivity contribution in [1.82, 2.24) is 4.90 Å². The molecule has 0 radical (unpaired) electrons. The molecule has 64 valence electrons. The van der Waals surface area contributed by atoms with E-state index in [1.165, 1.54) is 12.8 Å².